The van der Waals surface area contributed by atoms with E-state index >= 15 is 0 Å². The standard InChI is InChI=1S/C19H12F3N3S2/c20-19(21,22)14-6-4-12(5-7-14)16-3-1-2-13-10-15(8-9-17(13)16)26-25-18-23-11-24-27-18/h1-11H,(H,23,24,25). The summed E-state index contributed by atoms with van der Waals surface area (Å²) < 4.78 is 45.4. The van der Waals surface area contributed by atoms with Crippen molar-refractivity contribution in [3.05, 3.63) is 72.6 Å². The SMILES string of the molecule is FC(F)(F)c1ccc(-c2cccc3cc(SNc4ncns4)ccc23)cc1. The summed E-state index contributed by atoms with van der Waals surface area (Å²) in [6.45, 7) is 0. The van der Waals surface area contributed by atoms with E-state index in [0.29, 0.717) is 0 Å². The van der Waals surface area contributed by atoms with Crippen molar-refractivity contribution in [2.24, 2.45) is 0 Å². The first-order chi connectivity index (χ1) is 13.0. The molecule has 1 aromatic heterocycles. The van der Waals surface area contributed by atoms with Crippen LogP contribution in [0.2, 0.25) is 0 Å². The van der Waals surface area contributed by atoms with Crippen LogP contribution in [0, 0.1) is 0 Å². The molecule has 136 valence electrons. The molecule has 0 unspecified atom stereocenters. The molecule has 0 atom stereocenters. The Morgan fingerprint density at radius 3 is 2.48 bits per heavy atom. The fourth-order valence-corrected chi connectivity index (χ4v) is 3.88. The molecule has 0 saturated carbocycles. The lowest BCUT2D eigenvalue weighted by atomic mass is 9.97. The molecule has 3 aromatic carbocycles. The Hall–Kier alpha value is -2.58. The van der Waals surface area contributed by atoms with Crippen LogP contribution in [0.4, 0.5) is 18.3 Å². The largest absolute Gasteiger partial charge is 0.416 e. The van der Waals surface area contributed by atoms with E-state index in [1.807, 2.05) is 36.4 Å². The van der Waals surface area contributed by atoms with E-state index < -0.39 is 11.7 Å². The quantitative estimate of drug-likeness (QED) is 0.395. The van der Waals surface area contributed by atoms with Crippen molar-refractivity contribution in [1.29, 1.82) is 0 Å². The maximum Gasteiger partial charge on any atom is 0.416 e. The minimum Gasteiger partial charge on any atom is -0.300 e. The van der Waals surface area contributed by atoms with Crippen LogP contribution in [0.15, 0.2) is 71.9 Å². The zero-order chi connectivity index (χ0) is 18.9. The first kappa shape index (κ1) is 17.8. The number of nitrogens with one attached hydrogen (secondary N) is 1. The Balaban J connectivity index is 1.64. The van der Waals surface area contributed by atoms with Gasteiger partial charge in [-0.15, -0.1) is 0 Å². The Morgan fingerprint density at radius 2 is 1.78 bits per heavy atom. The highest BCUT2D eigenvalue weighted by Gasteiger charge is 2.30. The fourth-order valence-electron chi connectivity index (χ4n) is 2.74. The zero-order valence-electron chi connectivity index (χ0n) is 13.7. The molecule has 0 radical (unpaired) electrons. The van der Waals surface area contributed by atoms with Crippen LogP contribution in [-0.2, 0) is 6.18 Å². The number of halogens is 3. The summed E-state index contributed by atoms with van der Waals surface area (Å²) in [7, 11) is 0. The third-order valence-electron chi connectivity index (χ3n) is 3.99. The molecule has 8 heteroatoms. The average Bonchev–Trinajstić information content (AvgIpc) is 3.19. The van der Waals surface area contributed by atoms with Gasteiger partial charge in [-0.2, -0.15) is 17.5 Å². The second kappa shape index (κ2) is 7.21. The first-order valence-electron chi connectivity index (χ1n) is 7.91. The summed E-state index contributed by atoms with van der Waals surface area (Å²) in [4.78, 5) is 5.07. The van der Waals surface area contributed by atoms with Gasteiger partial charge in [0.2, 0.25) is 5.13 Å². The van der Waals surface area contributed by atoms with Crippen LogP contribution in [-0.4, -0.2) is 9.36 Å². The van der Waals surface area contributed by atoms with Crippen LogP contribution >= 0.6 is 23.5 Å². The van der Waals surface area contributed by atoms with Crippen LogP contribution in [0.3, 0.4) is 0 Å². The third-order valence-corrected chi connectivity index (χ3v) is 5.49. The second-order valence-corrected chi connectivity index (χ2v) is 7.37. The van der Waals surface area contributed by atoms with Gasteiger partial charge in [0.1, 0.15) is 6.33 Å². The Bertz CT molecular complexity index is 1060. The van der Waals surface area contributed by atoms with Gasteiger partial charge in [-0.05, 0) is 58.1 Å². The van der Waals surface area contributed by atoms with Crippen molar-refractivity contribution in [3.8, 4) is 11.1 Å². The maximum atomic E-state index is 12.8. The van der Waals surface area contributed by atoms with E-state index in [2.05, 4.69) is 14.1 Å². The maximum absolute atomic E-state index is 12.8. The molecule has 1 heterocycles. The zero-order valence-corrected chi connectivity index (χ0v) is 15.3. The lowest BCUT2D eigenvalue weighted by molar-refractivity contribution is -0.137. The van der Waals surface area contributed by atoms with Gasteiger partial charge in [0.05, 0.1) is 5.56 Å². The summed E-state index contributed by atoms with van der Waals surface area (Å²) in [6.07, 6.45) is -2.84. The van der Waals surface area contributed by atoms with Gasteiger partial charge in [-0.3, -0.25) is 0 Å². The number of anilines is 1. The van der Waals surface area contributed by atoms with Gasteiger partial charge < -0.3 is 4.72 Å². The van der Waals surface area contributed by atoms with E-state index in [1.165, 1.54) is 41.9 Å². The molecule has 0 spiro atoms. The van der Waals surface area contributed by atoms with Gasteiger partial charge in [-0.25, -0.2) is 4.98 Å². The number of nitrogens with zero attached hydrogens (tertiary/aromatic N) is 2. The third kappa shape index (κ3) is 3.91. The van der Waals surface area contributed by atoms with Crippen LogP contribution in [0.5, 0.6) is 0 Å². The number of alkyl halides is 3. The molecule has 0 saturated heterocycles. The topological polar surface area (TPSA) is 37.8 Å². The molecule has 0 bridgehead atoms. The highest BCUT2D eigenvalue weighted by molar-refractivity contribution is 8.00. The number of fused-ring (bicyclic) bond motifs is 1. The van der Waals surface area contributed by atoms with E-state index in [9.17, 15) is 13.2 Å². The van der Waals surface area contributed by atoms with Crippen LogP contribution in [0.1, 0.15) is 5.56 Å². The van der Waals surface area contributed by atoms with Gasteiger partial charge in [-0.1, -0.05) is 36.4 Å². The number of hydrogen-bond donors (Lipinski definition) is 1. The van der Waals surface area contributed by atoms with Gasteiger partial charge >= 0.3 is 6.18 Å². The number of rotatable bonds is 4. The molecular weight excluding hydrogens is 391 g/mol. The predicted molar refractivity (Wildman–Crippen MR) is 104 cm³/mol. The summed E-state index contributed by atoms with van der Waals surface area (Å²) in [5, 5.41) is 2.72. The smallest absolute Gasteiger partial charge is 0.300 e. The lowest BCUT2D eigenvalue weighted by Gasteiger charge is -2.11. The molecule has 1 N–H and O–H groups in total. The highest BCUT2D eigenvalue weighted by Crippen LogP contribution is 2.34. The molecule has 27 heavy (non-hydrogen) atoms. The van der Waals surface area contributed by atoms with Crippen molar-refractivity contribution in [2.45, 2.75) is 11.1 Å². The van der Waals surface area contributed by atoms with Gasteiger partial charge in [0, 0.05) is 16.4 Å². The van der Waals surface area contributed by atoms with Crippen molar-refractivity contribution >= 4 is 39.4 Å². The number of aromatic nitrogens is 2. The minimum absolute atomic E-state index is 0.645. The molecule has 0 aliphatic rings. The van der Waals surface area contributed by atoms with Crippen LogP contribution in [0.25, 0.3) is 21.9 Å². The highest BCUT2D eigenvalue weighted by atomic mass is 32.2. The summed E-state index contributed by atoms with van der Waals surface area (Å²) in [5.41, 5.74) is 1.00. The summed E-state index contributed by atoms with van der Waals surface area (Å²) in [5.74, 6) is 0. The van der Waals surface area contributed by atoms with Crippen molar-refractivity contribution in [1.82, 2.24) is 9.36 Å². The second-order valence-electron chi connectivity index (χ2n) is 5.71. The van der Waals surface area contributed by atoms with Crippen molar-refractivity contribution < 1.29 is 13.2 Å². The predicted octanol–water partition coefficient (Wildman–Crippen LogP) is 6.50. The Kier molecular flexibility index (Phi) is 4.75. The summed E-state index contributed by atoms with van der Waals surface area (Å²) >= 11 is 2.71. The van der Waals surface area contributed by atoms with E-state index in [4.69, 9.17) is 0 Å². The molecule has 0 aliphatic heterocycles. The molecule has 0 aliphatic carbocycles. The Morgan fingerprint density at radius 1 is 0.963 bits per heavy atom. The van der Waals surface area contributed by atoms with Crippen LogP contribution < -0.4 is 4.72 Å². The van der Waals surface area contributed by atoms with Crippen molar-refractivity contribution in [2.75, 3.05) is 4.72 Å². The molecular formula is C19H12F3N3S2. The molecule has 0 fully saturated rings. The molecule has 4 rings (SSSR count). The minimum atomic E-state index is -4.33. The Labute approximate surface area is 161 Å². The monoisotopic (exact) mass is 403 g/mol. The normalized spacial score (nSPS) is 11.7. The fraction of sp³-hybridized carbons (Fsp3) is 0.0526. The average molecular weight is 403 g/mol. The number of benzene rings is 3. The van der Waals surface area contributed by atoms with E-state index in [0.717, 1.165) is 44.1 Å². The van der Waals surface area contributed by atoms with Gasteiger partial charge in [0.15, 0.2) is 0 Å². The number of hydrogen-bond acceptors (Lipinski definition) is 5. The van der Waals surface area contributed by atoms with Gasteiger partial charge in [0.25, 0.3) is 0 Å². The van der Waals surface area contributed by atoms with Crippen molar-refractivity contribution in [3.63, 3.8) is 0 Å². The molecule has 4 aromatic rings. The van der Waals surface area contributed by atoms with E-state index in [-0.39, 0.29) is 0 Å². The first-order valence-corrected chi connectivity index (χ1v) is 9.50. The molecule has 3 nitrogen and oxygen atoms in total. The molecule has 0 amide bonds. The summed E-state index contributed by atoms with van der Waals surface area (Å²) in [6, 6.07) is 17.0. The van der Waals surface area contributed by atoms with E-state index in [1.54, 1.807) is 0 Å². The lowest BCUT2D eigenvalue weighted by Crippen LogP contribution is -2.03.